The molecule has 0 spiro atoms. The maximum absolute atomic E-state index is 13.5. The van der Waals surface area contributed by atoms with E-state index in [1.807, 2.05) is 12.1 Å². The Morgan fingerprint density at radius 2 is 1.78 bits per heavy atom. The van der Waals surface area contributed by atoms with E-state index < -0.39 is 11.5 Å². The van der Waals surface area contributed by atoms with Crippen LogP contribution in [0.2, 0.25) is 0 Å². The summed E-state index contributed by atoms with van der Waals surface area (Å²) < 4.78 is 23.6. The highest BCUT2D eigenvalue weighted by Gasteiger charge is 2.18. The Hall–Kier alpha value is -5.12. The summed E-state index contributed by atoms with van der Waals surface area (Å²) in [5, 5.41) is 5.56. The largest absolute Gasteiger partial charge is 0.496 e. The van der Waals surface area contributed by atoms with Gasteiger partial charge in [-0.05, 0) is 42.5 Å². The molecule has 0 saturated carbocycles. The molecular formula is C27H22N4O6. The molecule has 0 atom stereocenters. The Morgan fingerprint density at radius 3 is 2.57 bits per heavy atom. The van der Waals surface area contributed by atoms with Crippen LogP contribution in [0.4, 0.5) is 0 Å². The number of carbonyl (C=O) groups is 1. The molecule has 0 saturated heterocycles. The van der Waals surface area contributed by atoms with Gasteiger partial charge in [-0.1, -0.05) is 24.3 Å². The van der Waals surface area contributed by atoms with Gasteiger partial charge in [0.15, 0.2) is 23.9 Å². The second-order valence-electron chi connectivity index (χ2n) is 7.93. The smallest absolute Gasteiger partial charge is 0.282 e. The number of benzene rings is 3. The molecule has 0 radical (unpaired) electrons. The summed E-state index contributed by atoms with van der Waals surface area (Å²) in [6.45, 7) is -0.356. The first kappa shape index (κ1) is 23.6. The summed E-state index contributed by atoms with van der Waals surface area (Å²) in [7, 11) is 3.04. The molecule has 0 aliphatic carbocycles. The first-order valence-electron chi connectivity index (χ1n) is 11.2. The second kappa shape index (κ2) is 9.86. The van der Waals surface area contributed by atoms with Gasteiger partial charge in [0.2, 0.25) is 5.82 Å². The third kappa shape index (κ3) is 4.47. The maximum Gasteiger partial charge on any atom is 0.282 e. The van der Waals surface area contributed by atoms with Crippen molar-refractivity contribution in [2.75, 3.05) is 20.8 Å². The van der Waals surface area contributed by atoms with E-state index in [9.17, 15) is 9.59 Å². The average molecular weight is 498 g/mol. The van der Waals surface area contributed by atoms with Gasteiger partial charge in [0, 0.05) is 5.56 Å². The van der Waals surface area contributed by atoms with Crippen molar-refractivity contribution in [3.8, 4) is 28.8 Å². The number of ether oxygens (including phenoxy) is 3. The molecule has 186 valence electrons. The van der Waals surface area contributed by atoms with Crippen LogP contribution in [0.25, 0.3) is 33.5 Å². The molecule has 0 aliphatic heterocycles. The first-order chi connectivity index (χ1) is 18.0. The van der Waals surface area contributed by atoms with Gasteiger partial charge in [0.1, 0.15) is 11.3 Å². The summed E-state index contributed by atoms with van der Waals surface area (Å²) in [5.74, 6) is 1.13. The monoisotopic (exact) mass is 498 g/mol. The number of aromatic nitrogens is 2. The Kier molecular flexibility index (Phi) is 6.29. The fraction of sp³-hybridized carbons (Fsp3) is 0.111. The number of nitrogens with zero attached hydrogens (tertiary/aromatic N) is 3. The van der Waals surface area contributed by atoms with Crippen molar-refractivity contribution in [1.29, 1.82) is 0 Å². The highest BCUT2D eigenvalue weighted by molar-refractivity contribution is 5.89. The summed E-state index contributed by atoms with van der Waals surface area (Å²) in [4.78, 5) is 29.5. The zero-order chi connectivity index (χ0) is 25.9. The Labute approximate surface area is 210 Å². The molecule has 10 heteroatoms. The predicted molar refractivity (Wildman–Crippen MR) is 138 cm³/mol. The van der Waals surface area contributed by atoms with Crippen LogP contribution in [0.15, 0.2) is 81.0 Å². The standard InChI is InChI=1S/C27H22N4O6/c1-34-20-10-6-11-21-18(20)13-23(37-21)26-30-19-9-4-3-8-17(19)27(33)31(26)29-14-16-7-5-12-22(35-2)25(16)36-15-24(28)32/h3-14H,15H2,1-2H3,(H2,28,32). The third-order valence-corrected chi connectivity index (χ3v) is 5.62. The van der Waals surface area contributed by atoms with E-state index in [1.54, 1.807) is 61.7 Å². The van der Waals surface area contributed by atoms with Crippen LogP contribution >= 0.6 is 0 Å². The van der Waals surface area contributed by atoms with Crippen molar-refractivity contribution in [2.45, 2.75) is 0 Å². The molecule has 2 heterocycles. The quantitative estimate of drug-likeness (QED) is 0.324. The van der Waals surface area contributed by atoms with E-state index >= 15 is 0 Å². The van der Waals surface area contributed by atoms with Crippen molar-refractivity contribution in [3.63, 3.8) is 0 Å². The number of amides is 1. The molecule has 0 bridgehead atoms. The van der Waals surface area contributed by atoms with Gasteiger partial charge in [-0.3, -0.25) is 9.59 Å². The van der Waals surface area contributed by atoms with Gasteiger partial charge in [0.05, 0.1) is 36.7 Å². The van der Waals surface area contributed by atoms with E-state index in [0.29, 0.717) is 39.3 Å². The molecule has 5 rings (SSSR count). The fourth-order valence-corrected chi connectivity index (χ4v) is 3.93. The molecule has 1 amide bonds. The zero-order valence-corrected chi connectivity index (χ0v) is 20.0. The van der Waals surface area contributed by atoms with E-state index in [4.69, 9.17) is 24.4 Å². The Balaban J connectivity index is 1.70. The lowest BCUT2D eigenvalue weighted by Crippen LogP contribution is -2.21. The first-order valence-corrected chi connectivity index (χ1v) is 11.2. The highest BCUT2D eigenvalue weighted by Crippen LogP contribution is 2.33. The van der Waals surface area contributed by atoms with Crippen molar-refractivity contribution in [1.82, 2.24) is 9.66 Å². The van der Waals surface area contributed by atoms with Crippen LogP contribution < -0.4 is 25.5 Å². The minimum atomic E-state index is -0.647. The average Bonchev–Trinajstić information content (AvgIpc) is 3.35. The normalized spacial score (nSPS) is 11.3. The van der Waals surface area contributed by atoms with Gasteiger partial charge < -0.3 is 24.4 Å². The SMILES string of the molecule is COc1cccc(C=Nn2c(-c3cc4c(OC)cccc4o3)nc3ccccc3c2=O)c1OCC(N)=O. The van der Waals surface area contributed by atoms with Crippen molar-refractivity contribution in [3.05, 3.63) is 82.6 Å². The molecule has 0 unspecified atom stereocenters. The van der Waals surface area contributed by atoms with Crippen LogP contribution in [0.1, 0.15) is 5.56 Å². The lowest BCUT2D eigenvalue weighted by Gasteiger charge is -2.12. The van der Waals surface area contributed by atoms with Crippen LogP contribution in [-0.2, 0) is 4.79 Å². The molecule has 2 aromatic heterocycles. The summed E-state index contributed by atoms with van der Waals surface area (Å²) in [5.41, 5.74) is 6.37. The third-order valence-electron chi connectivity index (χ3n) is 5.62. The number of nitrogens with two attached hydrogens (primary N) is 1. The highest BCUT2D eigenvalue weighted by atomic mass is 16.5. The minimum absolute atomic E-state index is 0.195. The van der Waals surface area contributed by atoms with Gasteiger partial charge >= 0.3 is 0 Å². The maximum atomic E-state index is 13.5. The van der Waals surface area contributed by atoms with Crippen molar-refractivity contribution in [2.24, 2.45) is 10.8 Å². The number of hydrogen-bond acceptors (Lipinski definition) is 8. The van der Waals surface area contributed by atoms with Crippen LogP contribution in [0.3, 0.4) is 0 Å². The zero-order valence-electron chi connectivity index (χ0n) is 20.0. The second-order valence-corrected chi connectivity index (χ2v) is 7.93. The Bertz CT molecular complexity index is 1720. The lowest BCUT2D eigenvalue weighted by atomic mass is 10.2. The number of para-hydroxylation sites is 2. The topological polar surface area (TPSA) is 131 Å². The number of furan rings is 1. The summed E-state index contributed by atoms with van der Waals surface area (Å²) >= 11 is 0. The van der Waals surface area contributed by atoms with Gasteiger partial charge in [-0.25, -0.2) is 4.98 Å². The number of fused-ring (bicyclic) bond motifs is 2. The van der Waals surface area contributed by atoms with Gasteiger partial charge in [0.25, 0.3) is 11.5 Å². The van der Waals surface area contributed by atoms with Gasteiger partial charge in [-0.15, -0.1) is 0 Å². The number of hydrogen-bond donors (Lipinski definition) is 1. The van der Waals surface area contributed by atoms with Crippen molar-refractivity contribution < 1.29 is 23.4 Å². The predicted octanol–water partition coefficient (Wildman–Crippen LogP) is 3.57. The van der Waals surface area contributed by atoms with E-state index in [-0.39, 0.29) is 18.2 Å². The van der Waals surface area contributed by atoms with E-state index in [0.717, 1.165) is 10.1 Å². The molecule has 0 aliphatic rings. The molecule has 3 aromatic carbocycles. The Morgan fingerprint density at radius 1 is 1.03 bits per heavy atom. The van der Waals surface area contributed by atoms with Crippen LogP contribution in [0, 0.1) is 0 Å². The summed E-state index contributed by atoms with van der Waals surface area (Å²) in [6.07, 6.45) is 1.42. The number of rotatable bonds is 8. The van der Waals surface area contributed by atoms with E-state index in [2.05, 4.69) is 10.1 Å². The van der Waals surface area contributed by atoms with Gasteiger partial charge in [-0.2, -0.15) is 9.78 Å². The number of primary amides is 1. The molecular weight excluding hydrogens is 476 g/mol. The lowest BCUT2D eigenvalue weighted by molar-refractivity contribution is -0.119. The van der Waals surface area contributed by atoms with Crippen LogP contribution in [0.5, 0.6) is 17.2 Å². The molecule has 2 N–H and O–H groups in total. The number of carbonyl (C=O) groups excluding carboxylic acids is 1. The summed E-state index contributed by atoms with van der Waals surface area (Å²) in [6, 6.07) is 19.3. The van der Waals surface area contributed by atoms with Crippen LogP contribution in [-0.4, -0.2) is 42.6 Å². The molecule has 37 heavy (non-hydrogen) atoms. The van der Waals surface area contributed by atoms with E-state index in [1.165, 1.54) is 13.3 Å². The molecule has 0 fully saturated rings. The number of methoxy groups -OCH3 is 2. The molecule has 5 aromatic rings. The fourth-order valence-electron chi connectivity index (χ4n) is 3.93. The molecule has 10 nitrogen and oxygen atoms in total. The minimum Gasteiger partial charge on any atom is -0.496 e. The van der Waals surface area contributed by atoms with Crippen molar-refractivity contribution >= 4 is 34.0 Å².